The van der Waals surface area contributed by atoms with Gasteiger partial charge >= 0.3 is 15.2 Å². The van der Waals surface area contributed by atoms with Crippen molar-refractivity contribution in [2.45, 2.75) is 46.4 Å². The Balaban J connectivity index is 2.52. The van der Waals surface area contributed by atoms with E-state index in [2.05, 4.69) is 6.07 Å². The SMILES string of the molecule is CCOP(=O)(OCC)C(Cc1ccc2cc(C)ccc2c1)P(=O)(OCC)OCC. The number of hydrogen-bond acceptors (Lipinski definition) is 6. The lowest BCUT2D eigenvalue weighted by molar-refractivity contribution is 0.195. The first-order valence-corrected chi connectivity index (χ1v) is 13.3. The second-order valence-electron chi connectivity index (χ2n) is 6.62. The Kier molecular flexibility index (Phi) is 9.09. The highest BCUT2D eigenvalue weighted by Crippen LogP contribution is 2.71. The molecule has 0 aliphatic heterocycles. The van der Waals surface area contributed by atoms with E-state index in [1.165, 1.54) is 5.56 Å². The molecule has 0 amide bonds. The molecule has 0 heterocycles. The summed E-state index contributed by atoms with van der Waals surface area (Å²) in [7, 11) is -7.51. The maximum absolute atomic E-state index is 13.6. The van der Waals surface area contributed by atoms with Crippen LogP contribution in [0.5, 0.6) is 0 Å². The van der Waals surface area contributed by atoms with Crippen molar-refractivity contribution in [3.63, 3.8) is 0 Å². The van der Waals surface area contributed by atoms with Gasteiger partial charge in [0.25, 0.3) is 0 Å². The Bertz CT molecular complexity index is 848. The molecule has 0 aliphatic carbocycles. The molecule has 0 bridgehead atoms. The Hall–Kier alpha value is -1.00. The molecule has 0 fully saturated rings. The van der Waals surface area contributed by atoms with Crippen molar-refractivity contribution in [2.75, 3.05) is 26.4 Å². The molecular weight excluding hydrogens is 410 g/mol. The van der Waals surface area contributed by atoms with Crippen molar-refractivity contribution in [2.24, 2.45) is 0 Å². The first kappa shape index (κ1) is 24.3. The second-order valence-corrected chi connectivity index (χ2v) is 11.5. The minimum absolute atomic E-state index is 0.170. The molecule has 8 heteroatoms. The van der Waals surface area contributed by atoms with E-state index in [1.54, 1.807) is 27.7 Å². The molecule has 0 radical (unpaired) electrons. The van der Waals surface area contributed by atoms with Crippen LogP contribution in [0.4, 0.5) is 0 Å². The lowest BCUT2D eigenvalue weighted by Gasteiger charge is -2.31. The molecular formula is C21H32O6P2. The molecule has 0 saturated carbocycles. The molecule has 0 aromatic heterocycles. The number of rotatable bonds is 12. The number of fused-ring (bicyclic) bond motifs is 1. The van der Waals surface area contributed by atoms with Gasteiger partial charge in [0, 0.05) is 0 Å². The van der Waals surface area contributed by atoms with Gasteiger partial charge in [-0.15, -0.1) is 0 Å². The maximum atomic E-state index is 13.6. The van der Waals surface area contributed by atoms with Crippen LogP contribution in [-0.4, -0.2) is 31.8 Å². The van der Waals surface area contributed by atoms with Crippen LogP contribution in [0.2, 0.25) is 0 Å². The third-order valence-corrected chi connectivity index (χ3v) is 10.4. The van der Waals surface area contributed by atoms with Crippen molar-refractivity contribution in [3.8, 4) is 0 Å². The Morgan fingerprint density at radius 2 is 1.17 bits per heavy atom. The molecule has 2 aromatic carbocycles. The van der Waals surface area contributed by atoms with Crippen molar-refractivity contribution in [3.05, 3.63) is 47.5 Å². The van der Waals surface area contributed by atoms with Crippen LogP contribution in [0.15, 0.2) is 36.4 Å². The molecule has 0 atom stereocenters. The summed E-state index contributed by atoms with van der Waals surface area (Å²) in [4.78, 5) is 0. The van der Waals surface area contributed by atoms with E-state index >= 15 is 0 Å². The van der Waals surface area contributed by atoms with Gasteiger partial charge in [-0.2, -0.15) is 0 Å². The summed E-state index contributed by atoms with van der Waals surface area (Å²) in [6.07, 6.45) is 0.193. The van der Waals surface area contributed by atoms with Crippen LogP contribution >= 0.6 is 15.2 Å². The molecule has 162 valence electrons. The van der Waals surface area contributed by atoms with E-state index in [0.717, 1.165) is 16.3 Å². The molecule has 0 spiro atoms. The third kappa shape index (κ3) is 6.01. The van der Waals surface area contributed by atoms with E-state index in [0.29, 0.717) is 0 Å². The molecule has 0 aliphatic rings. The standard InChI is InChI=1S/C21H32O6P2/c1-6-24-28(22,25-7-2)21(29(23,26-8-3)27-9-4)16-18-11-13-19-14-17(5)10-12-20(19)15-18/h10-15,21H,6-9,16H2,1-5H3. The summed E-state index contributed by atoms with van der Waals surface area (Å²) in [5, 5.41) is 1.12. The highest BCUT2D eigenvalue weighted by atomic mass is 31.2. The van der Waals surface area contributed by atoms with E-state index in [1.807, 2.05) is 37.3 Å². The minimum Gasteiger partial charge on any atom is -0.308 e. The average Bonchev–Trinajstić information content (AvgIpc) is 2.66. The summed E-state index contributed by atoms with van der Waals surface area (Å²) >= 11 is 0. The molecule has 0 unspecified atom stereocenters. The van der Waals surface area contributed by atoms with E-state index < -0.39 is 20.6 Å². The van der Waals surface area contributed by atoms with Gasteiger partial charge in [0.15, 0.2) is 5.40 Å². The molecule has 29 heavy (non-hydrogen) atoms. The monoisotopic (exact) mass is 442 g/mol. The van der Waals surface area contributed by atoms with Crippen molar-refractivity contribution < 1.29 is 27.2 Å². The number of hydrogen-bond donors (Lipinski definition) is 0. The van der Waals surface area contributed by atoms with Gasteiger partial charge in [0.2, 0.25) is 0 Å². The van der Waals surface area contributed by atoms with Crippen LogP contribution in [0, 0.1) is 6.92 Å². The Morgan fingerprint density at radius 1 is 0.724 bits per heavy atom. The predicted octanol–water partition coefficient (Wildman–Crippen LogP) is 6.55. The first-order valence-electron chi connectivity index (χ1n) is 10.1. The summed E-state index contributed by atoms with van der Waals surface area (Å²) < 4.78 is 49.5. The second kappa shape index (κ2) is 10.9. The lowest BCUT2D eigenvalue weighted by atomic mass is 10.0. The van der Waals surface area contributed by atoms with Gasteiger partial charge in [-0.1, -0.05) is 42.0 Å². The van der Waals surface area contributed by atoms with Gasteiger partial charge in [-0.05, 0) is 57.4 Å². The first-order chi connectivity index (χ1) is 13.8. The highest BCUT2D eigenvalue weighted by Gasteiger charge is 2.50. The zero-order valence-electron chi connectivity index (χ0n) is 17.9. The van der Waals surface area contributed by atoms with Gasteiger partial charge < -0.3 is 18.1 Å². The van der Waals surface area contributed by atoms with Gasteiger partial charge in [-0.3, -0.25) is 9.13 Å². The zero-order chi connectivity index (χ0) is 21.5. The van der Waals surface area contributed by atoms with Gasteiger partial charge in [0.1, 0.15) is 0 Å². The fourth-order valence-corrected chi connectivity index (χ4v) is 8.62. The van der Waals surface area contributed by atoms with Crippen LogP contribution in [-0.2, 0) is 33.6 Å². The molecule has 0 N–H and O–H groups in total. The topological polar surface area (TPSA) is 71.1 Å². The van der Waals surface area contributed by atoms with E-state index in [9.17, 15) is 9.13 Å². The zero-order valence-corrected chi connectivity index (χ0v) is 19.7. The van der Waals surface area contributed by atoms with Crippen LogP contribution in [0.3, 0.4) is 0 Å². The molecule has 2 rings (SSSR count). The third-order valence-electron chi connectivity index (χ3n) is 4.44. The van der Waals surface area contributed by atoms with Gasteiger partial charge in [-0.25, -0.2) is 0 Å². The van der Waals surface area contributed by atoms with Crippen LogP contribution < -0.4 is 0 Å². The lowest BCUT2D eigenvalue weighted by Crippen LogP contribution is -2.20. The fraction of sp³-hybridized carbons (Fsp3) is 0.524. The Labute approximate surface area is 174 Å². The summed E-state index contributed by atoms with van der Waals surface area (Å²) in [5.74, 6) is 0. The fourth-order valence-electron chi connectivity index (χ4n) is 3.29. The Morgan fingerprint density at radius 3 is 1.66 bits per heavy atom. The summed E-state index contributed by atoms with van der Waals surface area (Å²) in [5.41, 5.74) is 2.04. The van der Waals surface area contributed by atoms with E-state index in [4.69, 9.17) is 18.1 Å². The number of benzene rings is 2. The summed E-state index contributed by atoms with van der Waals surface area (Å²) in [6, 6.07) is 12.1. The highest BCUT2D eigenvalue weighted by molar-refractivity contribution is 7.72. The maximum Gasteiger partial charge on any atom is 0.346 e. The quantitative estimate of drug-likeness (QED) is 0.347. The largest absolute Gasteiger partial charge is 0.346 e. The average molecular weight is 442 g/mol. The smallest absolute Gasteiger partial charge is 0.308 e. The summed E-state index contributed by atoms with van der Waals surface area (Å²) in [6.45, 7) is 9.64. The number of aryl methyl sites for hydroxylation is 1. The van der Waals surface area contributed by atoms with Crippen LogP contribution in [0.25, 0.3) is 10.8 Å². The van der Waals surface area contributed by atoms with Gasteiger partial charge in [0.05, 0.1) is 26.4 Å². The van der Waals surface area contributed by atoms with Crippen molar-refractivity contribution in [1.29, 1.82) is 0 Å². The van der Waals surface area contributed by atoms with E-state index in [-0.39, 0.29) is 32.8 Å². The molecule has 0 saturated heterocycles. The predicted molar refractivity (Wildman–Crippen MR) is 118 cm³/mol. The van der Waals surface area contributed by atoms with Crippen molar-refractivity contribution in [1.82, 2.24) is 0 Å². The van der Waals surface area contributed by atoms with Crippen molar-refractivity contribution >= 4 is 26.0 Å². The normalized spacial score (nSPS) is 12.8. The molecule has 2 aromatic rings. The minimum atomic E-state index is -3.76. The van der Waals surface area contributed by atoms with Crippen LogP contribution in [0.1, 0.15) is 38.8 Å². The molecule has 6 nitrogen and oxygen atoms in total.